The van der Waals surface area contributed by atoms with Gasteiger partial charge in [-0.15, -0.1) is 0 Å². The molecule has 1 amide bonds. The van der Waals surface area contributed by atoms with E-state index in [1.807, 2.05) is 55.7 Å². The van der Waals surface area contributed by atoms with Crippen LogP contribution in [0.1, 0.15) is 56.7 Å². The Balaban J connectivity index is 1.41. The molecule has 260 valence electrons. The first-order valence-corrected chi connectivity index (χ1v) is 20.9. The van der Waals surface area contributed by atoms with Crippen LogP contribution in [0.25, 0.3) is 22.2 Å². The van der Waals surface area contributed by atoms with Crippen molar-refractivity contribution in [2.75, 3.05) is 19.7 Å². The van der Waals surface area contributed by atoms with E-state index in [9.17, 15) is 14.4 Å². The minimum atomic E-state index is -1.30. The summed E-state index contributed by atoms with van der Waals surface area (Å²) in [6.07, 6.45) is 0.850. The highest BCUT2D eigenvalue weighted by Gasteiger charge is 2.32. The lowest BCUT2D eigenvalue weighted by Gasteiger charge is -2.36. The number of nitrogens with zero attached hydrogens (tertiary/aromatic N) is 4. The molecule has 1 atom stereocenters. The van der Waals surface area contributed by atoms with Gasteiger partial charge in [-0.1, -0.05) is 67.6 Å². The summed E-state index contributed by atoms with van der Waals surface area (Å²) in [5, 5.41) is 9.41. The average Bonchev–Trinajstić information content (AvgIpc) is 3.38. The van der Waals surface area contributed by atoms with Crippen LogP contribution in [0.2, 0.25) is 30.7 Å². The highest BCUT2D eigenvalue weighted by molar-refractivity contribution is 6.76. The number of amides is 1. The number of piperidine rings is 1. The number of nitriles is 1. The molecule has 8 nitrogen and oxygen atoms in total. The van der Waals surface area contributed by atoms with Crippen LogP contribution in [0.5, 0.6) is 0 Å². The Morgan fingerprint density at radius 1 is 1.08 bits per heavy atom. The molecule has 0 bridgehead atoms. The Bertz CT molecular complexity index is 1800. The lowest BCUT2D eigenvalue weighted by atomic mass is 9.86. The smallest absolute Gasteiger partial charge is 0.410 e. The Labute approximate surface area is 294 Å². The van der Waals surface area contributed by atoms with Gasteiger partial charge in [0.15, 0.2) is 0 Å². The second-order valence-corrected chi connectivity index (χ2v) is 20.9. The molecule has 1 aliphatic heterocycles. The third kappa shape index (κ3) is 9.70. The van der Waals surface area contributed by atoms with E-state index in [4.69, 9.17) is 30.8 Å². The van der Waals surface area contributed by atoms with E-state index < -0.39 is 19.5 Å². The first-order chi connectivity index (χ1) is 23.2. The zero-order chi connectivity index (χ0) is 35.3. The predicted octanol–water partition coefficient (Wildman–Crippen LogP) is 9.58. The van der Waals surface area contributed by atoms with Gasteiger partial charge in [0.05, 0.1) is 33.8 Å². The third-order valence-corrected chi connectivity index (χ3v) is 10.7. The van der Waals surface area contributed by atoms with Crippen LogP contribution in [-0.4, -0.2) is 53.9 Å². The summed E-state index contributed by atoms with van der Waals surface area (Å²) < 4.78 is 34.9. The molecular formula is C38H46ClFN4O4Si. The number of carbonyl (C=O) groups is 1. The van der Waals surface area contributed by atoms with E-state index in [-0.39, 0.29) is 36.5 Å². The van der Waals surface area contributed by atoms with Crippen LogP contribution < -0.4 is 0 Å². The Morgan fingerprint density at radius 2 is 1.80 bits per heavy atom. The van der Waals surface area contributed by atoms with Gasteiger partial charge in [0.2, 0.25) is 0 Å². The molecule has 1 aliphatic rings. The predicted molar refractivity (Wildman–Crippen MR) is 193 cm³/mol. The molecule has 0 saturated carbocycles. The van der Waals surface area contributed by atoms with Crippen molar-refractivity contribution in [3.05, 3.63) is 88.5 Å². The molecule has 1 unspecified atom stereocenters. The monoisotopic (exact) mass is 704 g/mol. The van der Waals surface area contributed by atoms with Gasteiger partial charge < -0.3 is 23.7 Å². The van der Waals surface area contributed by atoms with Gasteiger partial charge in [0.25, 0.3) is 0 Å². The van der Waals surface area contributed by atoms with E-state index in [0.717, 1.165) is 35.6 Å². The maximum absolute atomic E-state index is 14.5. The van der Waals surface area contributed by atoms with E-state index in [2.05, 4.69) is 37.8 Å². The lowest BCUT2D eigenvalue weighted by molar-refractivity contribution is -0.0315. The number of fused-ring (bicyclic) bond motifs is 1. The summed E-state index contributed by atoms with van der Waals surface area (Å²) >= 11 is 6.21. The molecule has 1 fully saturated rings. The van der Waals surface area contributed by atoms with Gasteiger partial charge in [-0.25, -0.2) is 14.2 Å². The fourth-order valence-corrected chi connectivity index (χ4v) is 6.89. The molecule has 1 saturated heterocycles. The summed E-state index contributed by atoms with van der Waals surface area (Å²) in [4.78, 5) is 19.3. The van der Waals surface area contributed by atoms with Crippen LogP contribution in [0.4, 0.5) is 9.18 Å². The molecule has 0 N–H and O–H groups in total. The first kappa shape index (κ1) is 36.5. The molecule has 0 spiro atoms. The minimum absolute atomic E-state index is 0.0261. The van der Waals surface area contributed by atoms with Crippen LogP contribution >= 0.6 is 11.6 Å². The highest BCUT2D eigenvalue weighted by Crippen LogP contribution is 2.36. The second kappa shape index (κ2) is 15.4. The normalized spacial score (nSPS) is 15.0. The molecular weight excluding hydrogens is 659 g/mol. The first-order valence-electron chi connectivity index (χ1n) is 16.8. The fourth-order valence-electron chi connectivity index (χ4n) is 5.97. The second-order valence-electron chi connectivity index (χ2n) is 14.9. The zero-order valence-corrected chi connectivity index (χ0v) is 31.0. The average molecular weight is 705 g/mol. The largest absolute Gasteiger partial charge is 0.444 e. The van der Waals surface area contributed by atoms with E-state index >= 15 is 0 Å². The Hall–Kier alpha value is -3.75. The molecule has 11 heteroatoms. The Kier molecular flexibility index (Phi) is 11.5. The summed E-state index contributed by atoms with van der Waals surface area (Å²) in [5.74, 6) is 0.205. The van der Waals surface area contributed by atoms with Crippen molar-refractivity contribution in [3.63, 3.8) is 0 Å². The summed E-state index contributed by atoms with van der Waals surface area (Å²) in [7, 11) is -1.30. The number of likely N-dealkylation sites (tertiary alicyclic amines) is 1. The lowest BCUT2D eigenvalue weighted by Crippen LogP contribution is -2.42. The van der Waals surface area contributed by atoms with Crippen LogP contribution in [0.15, 0.2) is 60.7 Å². The number of rotatable bonds is 11. The van der Waals surface area contributed by atoms with Crippen LogP contribution in [-0.2, 0) is 27.5 Å². The van der Waals surface area contributed by atoms with E-state index in [1.165, 1.54) is 6.07 Å². The molecule has 3 aromatic carbocycles. The van der Waals surface area contributed by atoms with Crippen molar-refractivity contribution in [2.24, 2.45) is 5.92 Å². The maximum Gasteiger partial charge on any atom is 0.410 e. The number of imidazole rings is 1. The number of benzene rings is 3. The van der Waals surface area contributed by atoms with E-state index in [1.54, 1.807) is 17.0 Å². The molecule has 0 aliphatic carbocycles. The molecule has 4 aromatic rings. The topological polar surface area (TPSA) is 89.6 Å². The number of aromatic nitrogens is 2. The standard InChI is InChI=1S/C38H46ClFN4O4Si/c1-38(2,3)48-37(45)43-16-14-29(15-17-43)36(28-12-10-27(11-13-28)30-9-7-8-26(20-30)23-41)47-24-35-42-33-22-32(40)31(39)21-34(33)44(35)25-46-18-19-49(4,5)6/h7-13,20-22,29,36H,14-19,24-25H2,1-6H3. The maximum atomic E-state index is 14.5. The summed E-state index contributed by atoms with van der Waals surface area (Å²) in [5.41, 5.74) is 4.17. The van der Waals surface area contributed by atoms with Crippen molar-refractivity contribution in [2.45, 2.75) is 84.3 Å². The van der Waals surface area contributed by atoms with Crippen molar-refractivity contribution < 1.29 is 23.4 Å². The van der Waals surface area contributed by atoms with Crippen LogP contribution in [0.3, 0.4) is 0 Å². The van der Waals surface area contributed by atoms with Crippen molar-refractivity contribution >= 4 is 36.8 Å². The fraction of sp³-hybridized carbons (Fsp3) is 0.447. The molecule has 1 aromatic heterocycles. The molecule has 0 radical (unpaired) electrons. The van der Waals surface area contributed by atoms with Gasteiger partial charge in [-0.2, -0.15) is 5.26 Å². The molecule has 2 heterocycles. The van der Waals surface area contributed by atoms with Crippen molar-refractivity contribution in [1.29, 1.82) is 5.26 Å². The van der Waals surface area contributed by atoms with Crippen molar-refractivity contribution in [1.82, 2.24) is 14.5 Å². The molecule has 49 heavy (non-hydrogen) atoms. The highest BCUT2D eigenvalue weighted by atomic mass is 35.5. The quantitative estimate of drug-likeness (QED) is 0.114. The van der Waals surface area contributed by atoms with Gasteiger partial charge >= 0.3 is 6.09 Å². The molecule has 5 rings (SSSR count). The number of carbonyl (C=O) groups excluding carboxylic acids is 1. The van der Waals surface area contributed by atoms with Gasteiger partial charge in [-0.3, -0.25) is 0 Å². The Morgan fingerprint density at radius 3 is 2.45 bits per heavy atom. The summed E-state index contributed by atoms with van der Waals surface area (Å²) in [6.45, 7) is 14.7. The van der Waals surface area contributed by atoms with Gasteiger partial charge in [0, 0.05) is 33.8 Å². The van der Waals surface area contributed by atoms with Gasteiger partial charge in [0.1, 0.15) is 30.6 Å². The minimum Gasteiger partial charge on any atom is -0.444 e. The zero-order valence-electron chi connectivity index (χ0n) is 29.3. The van der Waals surface area contributed by atoms with Gasteiger partial charge in [-0.05, 0) is 80.5 Å². The van der Waals surface area contributed by atoms with E-state index in [0.29, 0.717) is 42.1 Å². The number of hydrogen-bond donors (Lipinski definition) is 0. The number of ether oxygens (including phenoxy) is 3. The summed E-state index contributed by atoms with van der Waals surface area (Å²) in [6, 6.07) is 21.9. The van der Waals surface area contributed by atoms with Crippen molar-refractivity contribution in [3.8, 4) is 17.2 Å². The third-order valence-electron chi connectivity index (χ3n) is 8.66. The number of halogens is 2. The van der Waals surface area contributed by atoms with Crippen LogP contribution in [0, 0.1) is 23.1 Å². The SMILES string of the molecule is CC(C)(C)OC(=O)N1CCC(C(OCc2nc3cc(F)c(Cl)cc3n2COCC[Si](C)(C)C)c2ccc(-c3cccc(C#N)c3)cc2)CC1. The number of hydrogen-bond acceptors (Lipinski definition) is 6.